The van der Waals surface area contributed by atoms with Crippen molar-refractivity contribution in [2.75, 3.05) is 36.0 Å². The molecule has 2 amide bonds. The summed E-state index contributed by atoms with van der Waals surface area (Å²) in [5.41, 5.74) is 4.76. The normalized spacial score (nSPS) is 10.5. The Morgan fingerprint density at radius 3 is 2.29 bits per heavy atom. The molecule has 5 nitrogen and oxygen atoms in total. The first-order valence-electron chi connectivity index (χ1n) is 9.85. The second kappa shape index (κ2) is 9.93. The summed E-state index contributed by atoms with van der Waals surface area (Å²) in [4.78, 5) is 28.5. The zero-order chi connectivity index (χ0) is 20.7. The maximum absolute atomic E-state index is 12.3. The average molecular weight is 382 g/mol. The van der Waals surface area contributed by atoms with E-state index < -0.39 is 0 Å². The third-order valence-electron chi connectivity index (χ3n) is 4.88. The first-order valence-corrected chi connectivity index (χ1v) is 9.85. The Morgan fingerprint density at radius 2 is 1.71 bits per heavy atom. The molecule has 0 saturated carbocycles. The van der Waals surface area contributed by atoms with E-state index in [1.807, 2.05) is 38.1 Å². The molecule has 5 heteroatoms. The Morgan fingerprint density at radius 1 is 1.00 bits per heavy atom. The Hall–Kier alpha value is -2.82. The average Bonchev–Trinajstić information content (AvgIpc) is 2.66. The number of benzene rings is 2. The van der Waals surface area contributed by atoms with Gasteiger partial charge in [-0.1, -0.05) is 17.7 Å². The van der Waals surface area contributed by atoms with Crippen molar-refractivity contribution in [3.63, 3.8) is 0 Å². The van der Waals surface area contributed by atoms with Crippen LogP contribution in [0.25, 0.3) is 0 Å². The molecular weight excluding hydrogens is 350 g/mol. The Kier molecular flexibility index (Phi) is 7.61. The molecule has 0 aromatic heterocycles. The van der Waals surface area contributed by atoms with Crippen molar-refractivity contribution in [1.29, 1.82) is 0 Å². The largest absolute Gasteiger partial charge is 0.372 e. The van der Waals surface area contributed by atoms with E-state index in [0.29, 0.717) is 18.7 Å². The quantitative estimate of drug-likeness (QED) is 0.754. The van der Waals surface area contributed by atoms with Crippen molar-refractivity contribution in [2.24, 2.45) is 0 Å². The Balaban J connectivity index is 2.07. The molecule has 0 atom stereocenters. The summed E-state index contributed by atoms with van der Waals surface area (Å²) in [6.45, 7) is 12.5. The van der Waals surface area contributed by atoms with Crippen LogP contribution < -0.4 is 15.1 Å². The minimum atomic E-state index is -0.124. The molecule has 0 heterocycles. The van der Waals surface area contributed by atoms with E-state index in [9.17, 15) is 9.59 Å². The molecule has 0 unspecified atom stereocenters. The van der Waals surface area contributed by atoms with E-state index in [2.05, 4.69) is 36.2 Å². The molecule has 0 aliphatic heterocycles. The van der Waals surface area contributed by atoms with Gasteiger partial charge in [-0.3, -0.25) is 9.59 Å². The van der Waals surface area contributed by atoms with Crippen LogP contribution in [0, 0.1) is 13.8 Å². The molecule has 0 aliphatic rings. The molecule has 2 aromatic carbocycles. The highest BCUT2D eigenvalue weighted by molar-refractivity contribution is 5.95. The number of hydrogen-bond donors (Lipinski definition) is 1. The molecule has 1 N–H and O–H groups in total. The summed E-state index contributed by atoms with van der Waals surface area (Å²) < 4.78 is 0. The van der Waals surface area contributed by atoms with Gasteiger partial charge < -0.3 is 15.1 Å². The molecule has 0 fully saturated rings. The number of hydrogen-bond acceptors (Lipinski definition) is 3. The summed E-state index contributed by atoms with van der Waals surface area (Å²) in [6.07, 6.45) is 0. The first kappa shape index (κ1) is 21.5. The predicted molar refractivity (Wildman–Crippen MR) is 116 cm³/mol. The van der Waals surface area contributed by atoms with Crippen LogP contribution in [0.5, 0.6) is 0 Å². The second-order valence-electron chi connectivity index (χ2n) is 6.94. The zero-order valence-electron chi connectivity index (χ0n) is 17.6. The Bertz CT molecular complexity index is 828. The number of nitrogens with one attached hydrogen (secondary N) is 1. The lowest BCUT2D eigenvalue weighted by atomic mass is 10.1. The van der Waals surface area contributed by atoms with Gasteiger partial charge in [0, 0.05) is 50.0 Å². The van der Waals surface area contributed by atoms with Crippen LogP contribution in [0.2, 0.25) is 0 Å². The van der Waals surface area contributed by atoms with Crippen molar-refractivity contribution < 1.29 is 9.59 Å². The summed E-state index contributed by atoms with van der Waals surface area (Å²) in [5.74, 6) is -0.163. The van der Waals surface area contributed by atoms with Gasteiger partial charge in [0.25, 0.3) is 5.91 Å². The summed E-state index contributed by atoms with van der Waals surface area (Å²) >= 11 is 0. The number of anilines is 2. The summed E-state index contributed by atoms with van der Waals surface area (Å²) in [6, 6.07) is 13.6. The number of rotatable bonds is 8. The minimum Gasteiger partial charge on any atom is -0.372 e. The van der Waals surface area contributed by atoms with E-state index in [-0.39, 0.29) is 11.8 Å². The van der Waals surface area contributed by atoms with Gasteiger partial charge in [-0.25, -0.2) is 0 Å². The highest BCUT2D eigenvalue weighted by atomic mass is 16.2. The number of aryl methyl sites for hydroxylation is 2. The van der Waals surface area contributed by atoms with E-state index in [1.54, 1.807) is 17.9 Å². The molecule has 28 heavy (non-hydrogen) atoms. The van der Waals surface area contributed by atoms with Gasteiger partial charge in [-0.05, 0) is 63.6 Å². The Labute approximate surface area is 168 Å². The van der Waals surface area contributed by atoms with Crippen LogP contribution in [-0.2, 0) is 4.79 Å². The fourth-order valence-electron chi connectivity index (χ4n) is 3.35. The summed E-state index contributed by atoms with van der Waals surface area (Å²) in [7, 11) is 0. The zero-order valence-corrected chi connectivity index (χ0v) is 17.6. The molecule has 0 bridgehead atoms. The number of amides is 2. The maximum Gasteiger partial charge on any atom is 0.251 e. The van der Waals surface area contributed by atoms with Crippen LogP contribution in [0.3, 0.4) is 0 Å². The van der Waals surface area contributed by atoms with Gasteiger partial charge in [0.05, 0.1) is 0 Å². The highest BCUT2D eigenvalue weighted by Gasteiger charge is 2.15. The van der Waals surface area contributed by atoms with Gasteiger partial charge in [-0.15, -0.1) is 0 Å². The van der Waals surface area contributed by atoms with E-state index in [4.69, 9.17) is 0 Å². The van der Waals surface area contributed by atoms with E-state index >= 15 is 0 Å². The van der Waals surface area contributed by atoms with E-state index in [1.165, 1.54) is 0 Å². The van der Waals surface area contributed by atoms with Crippen molar-refractivity contribution in [2.45, 2.75) is 34.6 Å². The molecule has 2 aromatic rings. The lowest BCUT2D eigenvalue weighted by Crippen LogP contribution is -2.38. The van der Waals surface area contributed by atoms with Gasteiger partial charge in [0.2, 0.25) is 5.91 Å². The topological polar surface area (TPSA) is 52.6 Å². The van der Waals surface area contributed by atoms with Gasteiger partial charge in [-0.2, -0.15) is 0 Å². The number of carbonyl (C=O) groups excluding carboxylic acids is 2. The highest BCUT2D eigenvalue weighted by Crippen LogP contribution is 2.25. The van der Waals surface area contributed by atoms with E-state index in [0.717, 1.165) is 35.6 Å². The molecule has 150 valence electrons. The SMILES string of the molecule is CCN(CC)c1ccc(N(CCNC(=O)c2cccc(C)c2)C(C)=O)c(C)c1. The van der Waals surface area contributed by atoms with Crippen LogP contribution in [0.15, 0.2) is 42.5 Å². The third kappa shape index (κ3) is 5.35. The van der Waals surface area contributed by atoms with Gasteiger partial charge >= 0.3 is 0 Å². The van der Waals surface area contributed by atoms with Crippen molar-refractivity contribution >= 4 is 23.2 Å². The monoisotopic (exact) mass is 381 g/mol. The third-order valence-corrected chi connectivity index (χ3v) is 4.88. The van der Waals surface area contributed by atoms with Crippen LogP contribution in [0.4, 0.5) is 11.4 Å². The van der Waals surface area contributed by atoms with Crippen LogP contribution in [-0.4, -0.2) is 38.0 Å². The minimum absolute atomic E-state index is 0.0384. The fourth-order valence-corrected chi connectivity index (χ4v) is 3.35. The first-order chi connectivity index (χ1) is 13.4. The van der Waals surface area contributed by atoms with Crippen molar-refractivity contribution in [3.8, 4) is 0 Å². The lowest BCUT2D eigenvalue weighted by Gasteiger charge is -2.26. The maximum atomic E-state index is 12.3. The van der Waals surface area contributed by atoms with Crippen molar-refractivity contribution in [3.05, 3.63) is 59.2 Å². The number of nitrogens with zero attached hydrogens (tertiary/aromatic N) is 2. The second-order valence-corrected chi connectivity index (χ2v) is 6.94. The molecule has 0 spiro atoms. The molecule has 2 rings (SSSR count). The van der Waals surface area contributed by atoms with Gasteiger partial charge in [0.1, 0.15) is 0 Å². The molecule has 0 radical (unpaired) electrons. The van der Waals surface area contributed by atoms with Crippen LogP contribution in [0.1, 0.15) is 42.3 Å². The number of carbonyl (C=O) groups is 2. The fraction of sp³-hybridized carbons (Fsp3) is 0.391. The predicted octanol–water partition coefficient (Wildman–Crippen LogP) is 3.93. The molecule has 0 saturated heterocycles. The van der Waals surface area contributed by atoms with Gasteiger partial charge in [0.15, 0.2) is 0 Å². The van der Waals surface area contributed by atoms with Crippen LogP contribution >= 0.6 is 0 Å². The van der Waals surface area contributed by atoms with Crippen molar-refractivity contribution in [1.82, 2.24) is 5.32 Å². The molecular formula is C23H31N3O2. The smallest absolute Gasteiger partial charge is 0.251 e. The standard InChI is InChI=1S/C23H31N3O2/c1-6-25(7-2)21-11-12-22(18(4)16-21)26(19(5)27)14-13-24-23(28)20-10-8-9-17(3)15-20/h8-12,15-16H,6-7,13-14H2,1-5H3,(H,24,28). The summed E-state index contributed by atoms with van der Waals surface area (Å²) in [5, 5.41) is 2.91. The lowest BCUT2D eigenvalue weighted by molar-refractivity contribution is -0.116. The molecule has 0 aliphatic carbocycles.